The number of ether oxygens (including phenoxy) is 1. The van der Waals surface area contributed by atoms with Crippen LogP contribution in [0.25, 0.3) is 0 Å². The van der Waals surface area contributed by atoms with E-state index in [1.54, 1.807) is 0 Å². The van der Waals surface area contributed by atoms with Gasteiger partial charge in [0.25, 0.3) is 0 Å². The van der Waals surface area contributed by atoms with Gasteiger partial charge in [0.2, 0.25) is 0 Å². The number of allylic oxidation sites excluding steroid dienone is 3. The minimum atomic E-state index is 0.407. The van der Waals surface area contributed by atoms with Crippen molar-refractivity contribution in [3.05, 3.63) is 64.5 Å². The van der Waals surface area contributed by atoms with Gasteiger partial charge in [-0.25, -0.2) is 0 Å². The Balaban J connectivity index is 1.71. The van der Waals surface area contributed by atoms with E-state index in [9.17, 15) is 0 Å². The number of aryl methyl sites for hydroxylation is 1. The summed E-state index contributed by atoms with van der Waals surface area (Å²) < 4.78 is 5.59. The predicted molar refractivity (Wildman–Crippen MR) is 121 cm³/mol. The van der Waals surface area contributed by atoms with E-state index in [0.717, 1.165) is 51.5 Å². The standard InChI is InChI=1S/C25H35N3O/c1-6-7-24(28-8-10-29-11-9-28)25-18(3)13-22-17(2)12-20(21-15-27(5)16-21)14-23(22)26-19(25)4/h6-7,12,14,18,21,26H,4,8-11,13,15-16H2,1-3,5H3/b7-6-,25-24+. The number of morpholine rings is 1. The van der Waals surface area contributed by atoms with E-state index in [1.807, 2.05) is 0 Å². The maximum atomic E-state index is 5.59. The van der Waals surface area contributed by atoms with Crippen molar-refractivity contribution in [1.29, 1.82) is 0 Å². The van der Waals surface area contributed by atoms with Crippen molar-refractivity contribution < 1.29 is 4.74 Å². The van der Waals surface area contributed by atoms with Crippen molar-refractivity contribution in [2.75, 3.05) is 51.8 Å². The SMILES string of the molecule is C=C1Nc2cc(C3CN(C)C3)cc(C)c2CC(C)/C1=C(/C=C\C)N1CCOCC1. The third-order valence-corrected chi connectivity index (χ3v) is 6.60. The molecule has 0 aliphatic carbocycles. The van der Waals surface area contributed by atoms with Crippen molar-refractivity contribution in [1.82, 2.24) is 9.80 Å². The van der Waals surface area contributed by atoms with E-state index in [1.165, 1.54) is 33.6 Å². The molecule has 0 radical (unpaired) electrons. The van der Waals surface area contributed by atoms with Crippen LogP contribution in [0.2, 0.25) is 0 Å². The van der Waals surface area contributed by atoms with Gasteiger partial charge in [-0.3, -0.25) is 0 Å². The van der Waals surface area contributed by atoms with Gasteiger partial charge in [-0.2, -0.15) is 0 Å². The zero-order valence-electron chi connectivity index (χ0n) is 18.4. The summed E-state index contributed by atoms with van der Waals surface area (Å²) >= 11 is 0. The molecule has 4 heteroatoms. The summed E-state index contributed by atoms with van der Waals surface area (Å²) in [4.78, 5) is 4.84. The topological polar surface area (TPSA) is 27.7 Å². The first kappa shape index (κ1) is 20.2. The van der Waals surface area contributed by atoms with Gasteiger partial charge in [0.1, 0.15) is 0 Å². The van der Waals surface area contributed by atoms with Crippen LogP contribution in [0.4, 0.5) is 5.69 Å². The van der Waals surface area contributed by atoms with Gasteiger partial charge in [0, 0.05) is 54.8 Å². The molecular weight excluding hydrogens is 358 g/mol. The molecule has 29 heavy (non-hydrogen) atoms. The minimum Gasteiger partial charge on any atom is -0.378 e. The quantitative estimate of drug-likeness (QED) is 0.828. The molecule has 3 heterocycles. The van der Waals surface area contributed by atoms with Crippen LogP contribution in [0, 0.1) is 12.8 Å². The number of hydrogen-bond acceptors (Lipinski definition) is 4. The molecule has 0 saturated carbocycles. The fourth-order valence-corrected chi connectivity index (χ4v) is 5.04. The van der Waals surface area contributed by atoms with Crippen molar-refractivity contribution >= 4 is 5.69 Å². The first-order valence-corrected chi connectivity index (χ1v) is 11.0. The lowest BCUT2D eigenvalue weighted by Gasteiger charge is -2.37. The van der Waals surface area contributed by atoms with Crippen molar-refractivity contribution in [2.45, 2.75) is 33.1 Å². The summed E-state index contributed by atoms with van der Waals surface area (Å²) in [7, 11) is 2.19. The Morgan fingerprint density at radius 2 is 1.97 bits per heavy atom. The molecule has 2 saturated heterocycles. The van der Waals surface area contributed by atoms with Gasteiger partial charge in [0.05, 0.1) is 13.2 Å². The number of hydrogen-bond donors (Lipinski definition) is 1. The Morgan fingerprint density at radius 3 is 2.62 bits per heavy atom. The normalized spacial score (nSPS) is 25.4. The average Bonchev–Trinajstić information content (AvgIpc) is 2.80. The van der Waals surface area contributed by atoms with Crippen molar-refractivity contribution in [3.8, 4) is 0 Å². The van der Waals surface area contributed by atoms with Crippen LogP contribution in [-0.2, 0) is 11.2 Å². The van der Waals surface area contributed by atoms with E-state index < -0.39 is 0 Å². The molecule has 4 nitrogen and oxygen atoms in total. The van der Waals surface area contributed by atoms with Crippen LogP contribution >= 0.6 is 0 Å². The van der Waals surface area contributed by atoms with Crippen LogP contribution in [0.5, 0.6) is 0 Å². The van der Waals surface area contributed by atoms with Crippen LogP contribution in [-0.4, -0.2) is 56.2 Å². The second-order valence-electron chi connectivity index (χ2n) is 8.89. The number of anilines is 1. The maximum absolute atomic E-state index is 5.59. The number of rotatable bonds is 3. The van der Waals surface area contributed by atoms with E-state index >= 15 is 0 Å². The number of benzene rings is 1. The van der Waals surface area contributed by atoms with Crippen LogP contribution < -0.4 is 5.32 Å². The Labute approximate surface area is 175 Å². The molecule has 1 unspecified atom stereocenters. The first-order chi connectivity index (χ1) is 14.0. The zero-order valence-corrected chi connectivity index (χ0v) is 18.4. The van der Waals surface area contributed by atoms with E-state index in [-0.39, 0.29) is 0 Å². The van der Waals surface area contributed by atoms with Gasteiger partial charge in [-0.05, 0) is 62.1 Å². The predicted octanol–water partition coefficient (Wildman–Crippen LogP) is 4.30. The number of nitrogens with one attached hydrogen (secondary N) is 1. The summed E-state index contributed by atoms with van der Waals surface area (Å²) in [5.41, 5.74) is 9.23. The summed E-state index contributed by atoms with van der Waals surface area (Å²) in [6.07, 6.45) is 5.44. The first-order valence-electron chi connectivity index (χ1n) is 11.0. The lowest BCUT2D eigenvalue weighted by atomic mass is 9.86. The van der Waals surface area contributed by atoms with Gasteiger partial charge in [-0.15, -0.1) is 0 Å². The molecule has 4 rings (SSSR count). The van der Waals surface area contributed by atoms with Crippen molar-refractivity contribution in [3.63, 3.8) is 0 Å². The molecule has 2 fully saturated rings. The fraction of sp³-hybridized carbons (Fsp3) is 0.520. The summed E-state index contributed by atoms with van der Waals surface area (Å²) in [6, 6.07) is 4.79. The van der Waals surface area contributed by atoms with E-state index in [4.69, 9.17) is 4.74 Å². The Bertz CT molecular complexity index is 842. The highest BCUT2D eigenvalue weighted by atomic mass is 16.5. The second kappa shape index (κ2) is 8.37. The smallest absolute Gasteiger partial charge is 0.0642 e. The number of fused-ring (bicyclic) bond motifs is 1. The molecule has 1 aromatic rings. The molecule has 0 amide bonds. The molecule has 1 N–H and O–H groups in total. The molecule has 0 aromatic heterocycles. The minimum absolute atomic E-state index is 0.407. The highest BCUT2D eigenvalue weighted by molar-refractivity contribution is 5.65. The third-order valence-electron chi connectivity index (χ3n) is 6.60. The number of likely N-dealkylation sites (N-methyl/N-ethyl adjacent to an activating group) is 1. The van der Waals surface area contributed by atoms with E-state index in [0.29, 0.717) is 11.8 Å². The summed E-state index contributed by atoms with van der Waals surface area (Å²) in [5, 5.41) is 3.72. The van der Waals surface area contributed by atoms with Crippen LogP contribution in [0.15, 0.2) is 47.8 Å². The molecule has 0 spiro atoms. The molecular formula is C25H35N3O. The van der Waals surface area contributed by atoms with Crippen LogP contribution in [0.1, 0.15) is 36.5 Å². The zero-order chi connectivity index (χ0) is 20.5. The van der Waals surface area contributed by atoms with Crippen LogP contribution in [0.3, 0.4) is 0 Å². The second-order valence-corrected chi connectivity index (χ2v) is 8.89. The monoisotopic (exact) mass is 393 g/mol. The molecule has 3 aliphatic rings. The molecule has 1 atom stereocenters. The Morgan fingerprint density at radius 1 is 1.24 bits per heavy atom. The van der Waals surface area contributed by atoms with Gasteiger partial charge in [0.15, 0.2) is 0 Å². The molecule has 156 valence electrons. The average molecular weight is 394 g/mol. The molecule has 1 aromatic carbocycles. The molecule has 3 aliphatic heterocycles. The lowest BCUT2D eigenvalue weighted by Crippen LogP contribution is -2.41. The van der Waals surface area contributed by atoms with Gasteiger partial charge in [-0.1, -0.05) is 25.6 Å². The fourth-order valence-electron chi connectivity index (χ4n) is 5.04. The van der Waals surface area contributed by atoms with E-state index in [2.05, 4.69) is 73.8 Å². The maximum Gasteiger partial charge on any atom is 0.0642 e. The number of nitrogens with zero attached hydrogens (tertiary/aromatic N) is 2. The van der Waals surface area contributed by atoms with Gasteiger partial charge < -0.3 is 19.9 Å². The lowest BCUT2D eigenvalue weighted by molar-refractivity contribution is 0.0547. The number of likely N-dealkylation sites (tertiary alicyclic amines) is 1. The van der Waals surface area contributed by atoms with Crippen molar-refractivity contribution in [2.24, 2.45) is 5.92 Å². The summed E-state index contributed by atoms with van der Waals surface area (Å²) in [5.74, 6) is 1.06. The molecule has 0 bridgehead atoms. The Hall–Kier alpha value is -2.04. The third kappa shape index (κ3) is 4.01. The largest absolute Gasteiger partial charge is 0.378 e. The highest BCUT2D eigenvalue weighted by Gasteiger charge is 2.29. The highest BCUT2D eigenvalue weighted by Crippen LogP contribution is 2.39. The Kier molecular flexibility index (Phi) is 5.84. The summed E-state index contributed by atoms with van der Waals surface area (Å²) in [6.45, 7) is 17.0. The van der Waals surface area contributed by atoms with Gasteiger partial charge >= 0.3 is 0 Å².